The summed E-state index contributed by atoms with van der Waals surface area (Å²) in [6.45, 7) is 2.74. The fourth-order valence-corrected chi connectivity index (χ4v) is 2.04. The van der Waals surface area contributed by atoms with Gasteiger partial charge in [-0.2, -0.15) is 0 Å². The van der Waals surface area contributed by atoms with E-state index in [1.165, 1.54) is 0 Å². The molecule has 1 N–H and O–H groups in total. The van der Waals surface area contributed by atoms with Gasteiger partial charge in [-0.1, -0.05) is 6.92 Å². The van der Waals surface area contributed by atoms with E-state index in [4.69, 9.17) is 4.74 Å². The van der Waals surface area contributed by atoms with Crippen LogP contribution in [-0.2, 0) is 0 Å². The van der Waals surface area contributed by atoms with E-state index in [2.05, 4.69) is 33.2 Å². The molecule has 2 aromatic rings. The van der Waals surface area contributed by atoms with E-state index in [9.17, 15) is 4.79 Å². The quantitative estimate of drug-likeness (QED) is 0.844. The van der Waals surface area contributed by atoms with Crippen LogP contribution in [0.1, 0.15) is 23.7 Å². The van der Waals surface area contributed by atoms with Crippen molar-refractivity contribution in [3.05, 3.63) is 52.8 Å². The van der Waals surface area contributed by atoms with Gasteiger partial charge in [-0.25, -0.2) is 4.98 Å². The second kappa shape index (κ2) is 7.05. The third-order valence-corrected chi connectivity index (χ3v) is 3.22. The molecule has 0 saturated heterocycles. The monoisotopic (exact) mass is 334 g/mol. The molecule has 5 heteroatoms. The lowest BCUT2D eigenvalue weighted by molar-refractivity contribution is 0.102. The molecule has 0 aliphatic carbocycles. The summed E-state index contributed by atoms with van der Waals surface area (Å²) in [5.74, 6) is 0.597. The van der Waals surface area contributed by atoms with Gasteiger partial charge in [0.2, 0.25) is 0 Å². The minimum Gasteiger partial charge on any atom is -0.494 e. The lowest BCUT2D eigenvalue weighted by atomic mass is 10.2. The lowest BCUT2D eigenvalue weighted by Crippen LogP contribution is -2.12. The van der Waals surface area contributed by atoms with E-state index in [-0.39, 0.29) is 5.91 Å². The summed E-state index contributed by atoms with van der Waals surface area (Å²) >= 11 is 3.26. The van der Waals surface area contributed by atoms with Gasteiger partial charge in [-0.3, -0.25) is 4.79 Å². The van der Waals surface area contributed by atoms with E-state index < -0.39 is 0 Å². The molecule has 1 heterocycles. The first kappa shape index (κ1) is 14.5. The normalized spacial score (nSPS) is 10.1. The SMILES string of the molecule is CCCOc1ccc(NC(=O)c2cccnc2Br)cc1. The van der Waals surface area contributed by atoms with Crippen molar-refractivity contribution in [3.63, 3.8) is 0 Å². The van der Waals surface area contributed by atoms with E-state index in [1.54, 1.807) is 18.3 Å². The van der Waals surface area contributed by atoms with Gasteiger partial charge in [0.1, 0.15) is 10.4 Å². The molecule has 1 aromatic carbocycles. The Hall–Kier alpha value is -1.88. The van der Waals surface area contributed by atoms with Crippen LogP contribution < -0.4 is 10.1 Å². The maximum atomic E-state index is 12.1. The summed E-state index contributed by atoms with van der Waals surface area (Å²) in [6.07, 6.45) is 2.59. The highest BCUT2D eigenvalue weighted by Gasteiger charge is 2.10. The smallest absolute Gasteiger partial charge is 0.258 e. The standard InChI is InChI=1S/C15H15BrN2O2/c1-2-10-20-12-7-5-11(6-8-12)18-15(19)13-4-3-9-17-14(13)16/h3-9H,2,10H2,1H3,(H,18,19). The van der Waals surface area contributed by atoms with E-state index >= 15 is 0 Å². The highest BCUT2D eigenvalue weighted by Crippen LogP contribution is 2.18. The molecule has 0 fully saturated rings. The average molecular weight is 335 g/mol. The van der Waals surface area contributed by atoms with Gasteiger partial charge in [-0.05, 0) is 58.7 Å². The molecule has 104 valence electrons. The number of ether oxygens (including phenoxy) is 1. The summed E-state index contributed by atoms with van der Waals surface area (Å²) in [5.41, 5.74) is 1.22. The van der Waals surface area contributed by atoms with Gasteiger partial charge in [0.05, 0.1) is 12.2 Å². The van der Waals surface area contributed by atoms with Gasteiger partial charge in [-0.15, -0.1) is 0 Å². The molecule has 4 nitrogen and oxygen atoms in total. The Morgan fingerprint density at radius 3 is 2.70 bits per heavy atom. The maximum absolute atomic E-state index is 12.1. The zero-order valence-electron chi connectivity index (χ0n) is 11.1. The van der Waals surface area contributed by atoms with Crippen molar-refractivity contribution in [2.24, 2.45) is 0 Å². The summed E-state index contributed by atoms with van der Waals surface area (Å²) in [5, 5.41) is 2.82. The Morgan fingerprint density at radius 2 is 2.05 bits per heavy atom. The van der Waals surface area contributed by atoms with Crippen molar-refractivity contribution < 1.29 is 9.53 Å². The number of hydrogen-bond acceptors (Lipinski definition) is 3. The van der Waals surface area contributed by atoms with Crippen LogP contribution in [0.25, 0.3) is 0 Å². The summed E-state index contributed by atoms with van der Waals surface area (Å²) in [4.78, 5) is 16.1. The molecule has 0 atom stereocenters. The van der Waals surface area contributed by atoms with Crippen molar-refractivity contribution in [2.45, 2.75) is 13.3 Å². The minimum absolute atomic E-state index is 0.202. The van der Waals surface area contributed by atoms with Crippen LogP contribution in [0, 0.1) is 0 Å². The lowest BCUT2D eigenvalue weighted by Gasteiger charge is -2.08. The first-order chi connectivity index (χ1) is 9.70. The van der Waals surface area contributed by atoms with Crippen LogP contribution in [0.5, 0.6) is 5.75 Å². The van der Waals surface area contributed by atoms with Gasteiger partial charge in [0.25, 0.3) is 5.91 Å². The van der Waals surface area contributed by atoms with E-state index in [0.717, 1.165) is 17.9 Å². The van der Waals surface area contributed by atoms with Crippen molar-refractivity contribution in [3.8, 4) is 5.75 Å². The third kappa shape index (κ3) is 3.81. The molecule has 1 aromatic heterocycles. The Bertz CT molecular complexity index is 585. The van der Waals surface area contributed by atoms with Crippen LogP contribution in [0.3, 0.4) is 0 Å². The molecule has 0 spiro atoms. The zero-order valence-corrected chi connectivity index (χ0v) is 12.7. The molecule has 0 saturated carbocycles. The largest absolute Gasteiger partial charge is 0.494 e. The summed E-state index contributed by atoms with van der Waals surface area (Å²) < 4.78 is 6.02. The number of anilines is 1. The molecular weight excluding hydrogens is 320 g/mol. The number of nitrogens with zero attached hydrogens (tertiary/aromatic N) is 1. The number of rotatable bonds is 5. The average Bonchev–Trinajstić information content (AvgIpc) is 2.47. The van der Waals surface area contributed by atoms with Crippen molar-refractivity contribution in [1.29, 1.82) is 0 Å². The predicted molar refractivity (Wildman–Crippen MR) is 82.1 cm³/mol. The molecule has 20 heavy (non-hydrogen) atoms. The number of amides is 1. The fourth-order valence-electron chi connectivity index (χ4n) is 1.61. The molecular formula is C15H15BrN2O2. The van der Waals surface area contributed by atoms with Gasteiger partial charge in [0, 0.05) is 11.9 Å². The topological polar surface area (TPSA) is 51.2 Å². The Kier molecular flexibility index (Phi) is 5.12. The number of nitrogens with one attached hydrogen (secondary N) is 1. The molecule has 0 bridgehead atoms. The fraction of sp³-hybridized carbons (Fsp3) is 0.200. The molecule has 2 rings (SSSR count). The van der Waals surface area contributed by atoms with Gasteiger partial charge >= 0.3 is 0 Å². The van der Waals surface area contributed by atoms with Gasteiger partial charge in [0.15, 0.2) is 0 Å². The third-order valence-electron chi connectivity index (χ3n) is 2.59. The van der Waals surface area contributed by atoms with E-state index in [1.807, 2.05) is 24.3 Å². The first-order valence-electron chi connectivity index (χ1n) is 6.35. The number of hydrogen-bond donors (Lipinski definition) is 1. The summed E-state index contributed by atoms with van der Waals surface area (Å²) in [7, 11) is 0. The number of pyridine rings is 1. The highest BCUT2D eigenvalue weighted by atomic mass is 79.9. The number of aromatic nitrogens is 1. The number of carbonyl (C=O) groups is 1. The van der Waals surface area contributed by atoms with Gasteiger partial charge < -0.3 is 10.1 Å². The molecule has 0 unspecified atom stereocenters. The predicted octanol–water partition coefficient (Wildman–Crippen LogP) is 3.89. The van der Waals surface area contributed by atoms with E-state index in [0.29, 0.717) is 16.8 Å². The van der Waals surface area contributed by atoms with Crippen LogP contribution >= 0.6 is 15.9 Å². The van der Waals surface area contributed by atoms with Crippen molar-refractivity contribution in [2.75, 3.05) is 11.9 Å². The molecule has 0 aliphatic rings. The minimum atomic E-state index is -0.202. The zero-order chi connectivity index (χ0) is 14.4. The molecule has 0 aliphatic heterocycles. The molecule has 1 amide bonds. The highest BCUT2D eigenvalue weighted by molar-refractivity contribution is 9.10. The Balaban J connectivity index is 2.03. The first-order valence-corrected chi connectivity index (χ1v) is 7.14. The van der Waals surface area contributed by atoms with Crippen LogP contribution in [0.15, 0.2) is 47.2 Å². The Labute approximate surface area is 126 Å². The number of carbonyl (C=O) groups excluding carboxylic acids is 1. The second-order valence-corrected chi connectivity index (χ2v) is 4.92. The van der Waals surface area contributed by atoms with Crippen LogP contribution in [0.2, 0.25) is 0 Å². The number of halogens is 1. The van der Waals surface area contributed by atoms with Crippen molar-refractivity contribution in [1.82, 2.24) is 4.98 Å². The second-order valence-electron chi connectivity index (χ2n) is 4.17. The number of benzene rings is 1. The van der Waals surface area contributed by atoms with Crippen LogP contribution in [0.4, 0.5) is 5.69 Å². The Morgan fingerprint density at radius 1 is 1.30 bits per heavy atom. The van der Waals surface area contributed by atoms with Crippen LogP contribution in [-0.4, -0.2) is 17.5 Å². The summed E-state index contributed by atoms with van der Waals surface area (Å²) in [6, 6.07) is 10.7. The molecule has 0 radical (unpaired) electrons. The maximum Gasteiger partial charge on any atom is 0.258 e. The van der Waals surface area contributed by atoms with Crippen molar-refractivity contribution >= 4 is 27.5 Å².